The molecule has 2 heteroatoms. The smallest absolute Gasteiger partial charge is 0.109 e. The van der Waals surface area contributed by atoms with Gasteiger partial charge < -0.3 is 0 Å². The Morgan fingerprint density at radius 1 is 0.682 bits per heavy atom. The molecule has 4 aromatic carbocycles. The van der Waals surface area contributed by atoms with Crippen LogP contribution in [0, 0.1) is 39.8 Å². The molecule has 0 unspecified atom stereocenters. The first-order valence-corrected chi connectivity index (χ1v) is 21.0. The molecule has 0 atom stereocenters. The molecule has 0 fully saturated rings. The van der Waals surface area contributed by atoms with Gasteiger partial charge in [-0.1, -0.05) is 71.6 Å². The number of allylic oxidation sites excluding steroid dienone is 4. The predicted octanol–water partition coefficient (Wildman–Crippen LogP) is 9.53. The number of fused-ring (bicyclic) bond motifs is 3. The van der Waals surface area contributed by atoms with Gasteiger partial charge >= 0.3 is 113 Å². The molecule has 0 spiro atoms. The number of hydrogen-bond acceptors (Lipinski definition) is 0. The van der Waals surface area contributed by atoms with Gasteiger partial charge in [0.1, 0.15) is 0 Å². The van der Waals surface area contributed by atoms with E-state index in [9.17, 15) is 0 Å². The topological polar surface area (TPSA) is 0 Å². The van der Waals surface area contributed by atoms with Crippen LogP contribution < -0.4 is 10.4 Å². The Bertz CT molecular complexity index is 1560. The van der Waals surface area contributed by atoms with Crippen LogP contribution in [0.1, 0.15) is 92.5 Å². The van der Waals surface area contributed by atoms with Crippen molar-refractivity contribution in [1.29, 1.82) is 0 Å². The van der Waals surface area contributed by atoms with E-state index < -0.39 is 5.43 Å². The Hall–Kier alpha value is -2.54. The molecule has 0 heterocycles. The molecular formula is C42H48SiZr. The molecular weight excluding hydrogens is 624 g/mol. The summed E-state index contributed by atoms with van der Waals surface area (Å²) in [7, 11) is 0. The summed E-state index contributed by atoms with van der Waals surface area (Å²) < 4.78 is 0. The first kappa shape index (κ1) is 34.3. The van der Waals surface area contributed by atoms with E-state index in [2.05, 4.69) is 154 Å². The summed E-state index contributed by atoms with van der Waals surface area (Å²) in [5.41, 5.74) is 13.8. The molecule has 0 aromatic heterocycles. The Labute approximate surface area is 283 Å². The molecule has 0 saturated heterocycles. The third-order valence-electron chi connectivity index (χ3n) is 8.35. The number of aryl methyl sites for hydroxylation is 4. The fourth-order valence-corrected chi connectivity index (χ4v) is 9.76. The van der Waals surface area contributed by atoms with Crippen molar-refractivity contribution in [1.82, 2.24) is 0 Å². The molecule has 0 radical (unpaired) electrons. The monoisotopic (exact) mass is 670 g/mol. The van der Waals surface area contributed by atoms with Crippen molar-refractivity contribution < 1.29 is 23.3 Å². The fraction of sp³-hybridized carbons (Fsp3) is 0.333. The summed E-state index contributed by atoms with van der Waals surface area (Å²) in [6, 6.07) is 29.0. The second kappa shape index (κ2) is 14.3. The number of benzene rings is 4. The van der Waals surface area contributed by atoms with Crippen LogP contribution in [0.2, 0.25) is 0 Å². The first-order valence-electron chi connectivity index (χ1n) is 15.8. The molecule has 6 rings (SSSR count). The van der Waals surface area contributed by atoms with Gasteiger partial charge in [-0.05, 0) is 35.4 Å². The van der Waals surface area contributed by atoms with Crippen molar-refractivity contribution in [3.8, 4) is 11.1 Å². The summed E-state index contributed by atoms with van der Waals surface area (Å²) >= 11 is 1.65. The maximum Gasteiger partial charge on any atom is -0.109 e. The van der Waals surface area contributed by atoms with Gasteiger partial charge in [-0.25, -0.2) is 12.2 Å². The van der Waals surface area contributed by atoms with Gasteiger partial charge in [0.15, 0.2) is 0 Å². The standard InChI is InChI=1S/C23H29.C14H14Si.C5H5.Zr/c1-14-9-16-11-17-10-15(2)21(23(6,7)8)13-19(17)18(16)12-20(14)22(3,4)5;1-11-3-7-13(8-4-11)15-14-9-5-12(2)6-10-14;1-2-4-5-3-1;/h9,12-13H,11H2,1-8H3;3-10H,1-2H3;1-3H,4H2;/q-1;;-1;+2. The molecule has 0 saturated carbocycles. The van der Waals surface area contributed by atoms with Crippen LogP contribution in [0.4, 0.5) is 0 Å². The van der Waals surface area contributed by atoms with Crippen molar-refractivity contribution in [3.63, 3.8) is 0 Å². The number of rotatable bonds is 2. The van der Waals surface area contributed by atoms with Gasteiger partial charge in [0.05, 0.1) is 0 Å². The molecule has 4 aromatic rings. The van der Waals surface area contributed by atoms with E-state index in [1.165, 1.54) is 66.0 Å². The summed E-state index contributed by atoms with van der Waals surface area (Å²) in [6.45, 7) is 22.5. The van der Waals surface area contributed by atoms with E-state index in [0.717, 1.165) is 12.8 Å². The zero-order chi connectivity index (χ0) is 32.2. The Balaban J connectivity index is 0.000000181. The van der Waals surface area contributed by atoms with Gasteiger partial charge in [0, 0.05) is 0 Å². The quantitative estimate of drug-likeness (QED) is 0.130. The summed E-state index contributed by atoms with van der Waals surface area (Å²) in [4.78, 5) is 0. The molecule has 44 heavy (non-hydrogen) atoms. The minimum atomic E-state index is -0.488. The second-order valence-electron chi connectivity index (χ2n) is 14.3. The zero-order valence-electron chi connectivity index (χ0n) is 28.5. The summed E-state index contributed by atoms with van der Waals surface area (Å²) in [5.74, 6) is 0. The molecule has 0 bridgehead atoms. The first-order chi connectivity index (χ1) is 20.6. The van der Waals surface area contributed by atoms with E-state index in [1.54, 1.807) is 23.3 Å². The van der Waals surface area contributed by atoms with Gasteiger partial charge in [-0.15, -0.1) is 23.1 Å². The second-order valence-corrected chi connectivity index (χ2v) is 19.9. The third kappa shape index (κ3) is 8.58. The third-order valence-corrected chi connectivity index (χ3v) is 14.4. The van der Waals surface area contributed by atoms with Crippen LogP contribution in [0.3, 0.4) is 0 Å². The van der Waals surface area contributed by atoms with Gasteiger partial charge in [0.2, 0.25) is 0 Å². The predicted molar refractivity (Wildman–Crippen MR) is 189 cm³/mol. The van der Waals surface area contributed by atoms with Gasteiger partial charge in [-0.3, -0.25) is 6.08 Å². The molecule has 0 aliphatic heterocycles. The normalized spacial score (nSPS) is 13.0. The van der Waals surface area contributed by atoms with E-state index in [4.69, 9.17) is 0 Å². The van der Waals surface area contributed by atoms with Crippen LogP contribution in [-0.2, 0) is 40.6 Å². The molecule has 224 valence electrons. The Kier molecular flexibility index (Phi) is 11.1. The Morgan fingerprint density at radius 3 is 1.64 bits per heavy atom. The number of hydrogen-bond donors (Lipinski definition) is 0. The maximum atomic E-state index is 3.69. The minimum absolute atomic E-state index is 0.163. The fourth-order valence-electron chi connectivity index (χ4n) is 5.97. The van der Waals surface area contributed by atoms with Crippen LogP contribution in [0.15, 0.2) is 85.0 Å². The molecule has 0 N–H and O–H groups in total. The van der Waals surface area contributed by atoms with Gasteiger partial charge in [0.25, 0.3) is 0 Å². The van der Waals surface area contributed by atoms with Crippen molar-refractivity contribution >= 4 is 15.8 Å². The van der Waals surface area contributed by atoms with Crippen LogP contribution in [0.5, 0.6) is 0 Å². The largest absolute Gasteiger partial charge is 0.273 e. The van der Waals surface area contributed by atoms with Crippen molar-refractivity contribution in [2.75, 3.05) is 0 Å². The summed E-state index contributed by atoms with van der Waals surface area (Å²) in [6.07, 6.45) is 11.0. The van der Waals surface area contributed by atoms with Crippen LogP contribution >= 0.6 is 0 Å². The zero-order valence-corrected chi connectivity index (χ0v) is 32.0. The van der Waals surface area contributed by atoms with E-state index in [0.29, 0.717) is 0 Å². The molecule has 2 aliphatic carbocycles. The Morgan fingerprint density at radius 2 is 1.20 bits per heavy atom. The van der Waals surface area contributed by atoms with E-state index in [-0.39, 0.29) is 10.8 Å². The van der Waals surface area contributed by atoms with Crippen molar-refractivity contribution in [2.24, 2.45) is 0 Å². The SMILES string of the molecule is Cc1[c-]c2c(cc1C(C)(C)C)-c1cc(C(C)(C)C)c(C)cc1C2.Cc1ccc([Si](=[Zr+2])c2ccc(C)cc2)cc1.[C-]1=CC=CC1. The average Bonchev–Trinajstić information content (AvgIpc) is 3.63. The molecule has 0 nitrogen and oxygen atoms in total. The van der Waals surface area contributed by atoms with Crippen LogP contribution in [-0.4, -0.2) is 5.43 Å². The molecule has 2 aliphatic rings. The van der Waals surface area contributed by atoms with Gasteiger partial charge in [-0.2, -0.15) is 23.8 Å². The molecule has 0 amide bonds. The van der Waals surface area contributed by atoms with Crippen LogP contribution in [0.25, 0.3) is 11.1 Å². The van der Waals surface area contributed by atoms with E-state index in [1.807, 2.05) is 12.2 Å². The average molecular weight is 672 g/mol. The van der Waals surface area contributed by atoms with Crippen molar-refractivity contribution in [3.05, 3.63) is 142 Å². The van der Waals surface area contributed by atoms with E-state index >= 15 is 0 Å². The summed E-state index contributed by atoms with van der Waals surface area (Å²) in [5, 5.41) is 3.05. The minimum Gasteiger partial charge on any atom is -0.273 e. The van der Waals surface area contributed by atoms with Crippen molar-refractivity contribution in [2.45, 2.75) is 92.9 Å². The maximum absolute atomic E-state index is 3.69.